The maximum absolute atomic E-state index is 12.7. The summed E-state index contributed by atoms with van der Waals surface area (Å²) in [5.41, 5.74) is 0. The van der Waals surface area contributed by atoms with Crippen LogP contribution in [0.3, 0.4) is 0 Å². The number of hydrogen-bond acceptors (Lipinski definition) is 4. The Balaban J connectivity index is 1.51. The Morgan fingerprint density at radius 3 is 2.76 bits per heavy atom. The Bertz CT molecular complexity index is 449. The van der Waals surface area contributed by atoms with Crippen molar-refractivity contribution in [3.8, 4) is 5.75 Å². The van der Waals surface area contributed by atoms with Crippen molar-refractivity contribution in [1.82, 2.24) is 10.6 Å². The molecule has 0 bridgehead atoms. The number of hydrogen-bond donors (Lipinski definition) is 3. The minimum absolute atomic E-state index is 0.0436. The molecule has 1 aromatic carbocycles. The largest absolute Gasteiger partial charge is 0.491 e. The number of halogens is 1. The lowest BCUT2D eigenvalue weighted by molar-refractivity contribution is -0.121. The summed E-state index contributed by atoms with van der Waals surface area (Å²) in [6.07, 6.45) is 1.89. The summed E-state index contributed by atoms with van der Waals surface area (Å²) in [5, 5.41) is 15.6. The average Bonchev–Trinajstić information content (AvgIpc) is 3.27. The molecule has 1 amide bonds. The second-order valence-corrected chi connectivity index (χ2v) is 5.21. The molecule has 21 heavy (non-hydrogen) atoms. The Kier molecular flexibility index (Phi) is 5.95. The maximum atomic E-state index is 12.7. The molecule has 5 nitrogen and oxygen atoms in total. The van der Waals surface area contributed by atoms with Gasteiger partial charge in [-0.05, 0) is 37.1 Å². The quantitative estimate of drug-likeness (QED) is 0.590. The zero-order valence-corrected chi connectivity index (χ0v) is 11.8. The number of rotatable bonds is 9. The molecule has 1 atom stereocenters. The van der Waals surface area contributed by atoms with Gasteiger partial charge in [-0.1, -0.05) is 0 Å². The van der Waals surface area contributed by atoms with Crippen molar-refractivity contribution < 1.29 is 19.0 Å². The second-order valence-electron chi connectivity index (χ2n) is 5.21. The third-order valence-corrected chi connectivity index (χ3v) is 3.11. The van der Waals surface area contributed by atoms with E-state index in [1.165, 1.54) is 24.3 Å². The van der Waals surface area contributed by atoms with Crippen molar-refractivity contribution in [3.63, 3.8) is 0 Å². The van der Waals surface area contributed by atoms with Gasteiger partial charge in [0.25, 0.3) is 0 Å². The van der Waals surface area contributed by atoms with E-state index < -0.39 is 6.10 Å². The summed E-state index contributed by atoms with van der Waals surface area (Å²) in [5.74, 6) is 0.232. The minimum atomic E-state index is -0.679. The molecule has 1 saturated carbocycles. The van der Waals surface area contributed by atoms with Crippen LogP contribution >= 0.6 is 0 Å². The zero-order valence-electron chi connectivity index (χ0n) is 11.8. The van der Waals surface area contributed by atoms with Gasteiger partial charge in [0, 0.05) is 25.6 Å². The molecule has 6 heteroatoms. The van der Waals surface area contributed by atoms with Crippen molar-refractivity contribution >= 4 is 5.91 Å². The van der Waals surface area contributed by atoms with E-state index in [2.05, 4.69) is 10.6 Å². The molecule has 0 spiro atoms. The predicted molar refractivity (Wildman–Crippen MR) is 76.6 cm³/mol. The molecule has 0 aliphatic heterocycles. The van der Waals surface area contributed by atoms with E-state index in [9.17, 15) is 14.3 Å². The standard InChI is InChI=1S/C15H21FN2O3/c16-11-1-5-14(6-2-11)21-10-13(19)9-17-8-7-15(20)18-12-3-4-12/h1-2,5-6,12-13,17,19H,3-4,7-10H2,(H,18,20). The van der Waals surface area contributed by atoms with Gasteiger partial charge in [0.05, 0.1) is 0 Å². The summed E-state index contributed by atoms with van der Waals surface area (Å²) in [4.78, 5) is 11.4. The van der Waals surface area contributed by atoms with Crippen LogP contribution in [-0.2, 0) is 4.79 Å². The molecule has 1 fully saturated rings. The first kappa shape index (κ1) is 15.7. The van der Waals surface area contributed by atoms with Gasteiger partial charge in [-0.25, -0.2) is 4.39 Å². The fraction of sp³-hybridized carbons (Fsp3) is 0.533. The topological polar surface area (TPSA) is 70.6 Å². The van der Waals surface area contributed by atoms with E-state index >= 15 is 0 Å². The summed E-state index contributed by atoms with van der Waals surface area (Å²) in [6, 6.07) is 6.01. The van der Waals surface area contributed by atoms with Gasteiger partial charge in [0.2, 0.25) is 5.91 Å². The number of carbonyl (C=O) groups is 1. The lowest BCUT2D eigenvalue weighted by atomic mass is 10.3. The lowest BCUT2D eigenvalue weighted by Gasteiger charge is -2.13. The lowest BCUT2D eigenvalue weighted by Crippen LogP contribution is -2.34. The van der Waals surface area contributed by atoms with Crippen LogP contribution in [0.5, 0.6) is 5.75 Å². The third-order valence-electron chi connectivity index (χ3n) is 3.11. The first-order valence-electron chi connectivity index (χ1n) is 7.20. The molecule has 0 aromatic heterocycles. The van der Waals surface area contributed by atoms with E-state index in [0.717, 1.165) is 12.8 Å². The summed E-state index contributed by atoms with van der Waals surface area (Å²) in [7, 11) is 0. The predicted octanol–water partition coefficient (Wildman–Crippen LogP) is 0.824. The van der Waals surface area contributed by atoms with Crippen molar-refractivity contribution in [3.05, 3.63) is 30.1 Å². The van der Waals surface area contributed by atoms with Gasteiger partial charge in [-0.3, -0.25) is 4.79 Å². The van der Waals surface area contributed by atoms with Crippen LogP contribution in [0.2, 0.25) is 0 Å². The fourth-order valence-electron chi connectivity index (χ4n) is 1.78. The van der Waals surface area contributed by atoms with E-state index in [-0.39, 0.29) is 18.3 Å². The van der Waals surface area contributed by atoms with E-state index in [4.69, 9.17) is 4.74 Å². The highest BCUT2D eigenvalue weighted by atomic mass is 19.1. The molecule has 0 saturated heterocycles. The average molecular weight is 296 g/mol. The van der Waals surface area contributed by atoms with Gasteiger partial charge < -0.3 is 20.5 Å². The number of aliphatic hydroxyl groups excluding tert-OH is 1. The molecule has 1 unspecified atom stereocenters. The Hall–Kier alpha value is -1.66. The molecule has 1 aromatic rings. The maximum Gasteiger partial charge on any atom is 0.221 e. The Morgan fingerprint density at radius 1 is 1.38 bits per heavy atom. The smallest absolute Gasteiger partial charge is 0.221 e. The normalized spacial score (nSPS) is 15.5. The number of benzene rings is 1. The van der Waals surface area contributed by atoms with Crippen molar-refractivity contribution in [2.75, 3.05) is 19.7 Å². The molecular weight excluding hydrogens is 275 g/mol. The fourth-order valence-corrected chi connectivity index (χ4v) is 1.78. The van der Waals surface area contributed by atoms with E-state index in [1.807, 2.05) is 0 Å². The van der Waals surface area contributed by atoms with E-state index in [0.29, 0.717) is 31.3 Å². The van der Waals surface area contributed by atoms with Crippen LogP contribution in [-0.4, -0.2) is 42.9 Å². The highest BCUT2D eigenvalue weighted by Gasteiger charge is 2.22. The summed E-state index contributed by atoms with van der Waals surface area (Å²) >= 11 is 0. The monoisotopic (exact) mass is 296 g/mol. The van der Waals surface area contributed by atoms with Crippen LogP contribution < -0.4 is 15.4 Å². The van der Waals surface area contributed by atoms with Gasteiger partial charge in [-0.15, -0.1) is 0 Å². The minimum Gasteiger partial charge on any atom is -0.491 e. The van der Waals surface area contributed by atoms with Crippen LogP contribution in [0.25, 0.3) is 0 Å². The number of aliphatic hydroxyl groups is 1. The molecule has 3 N–H and O–H groups in total. The van der Waals surface area contributed by atoms with Gasteiger partial charge in [0.15, 0.2) is 0 Å². The molecule has 1 aliphatic carbocycles. The van der Waals surface area contributed by atoms with Crippen molar-refractivity contribution in [1.29, 1.82) is 0 Å². The van der Waals surface area contributed by atoms with Crippen molar-refractivity contribution in [2.45, 2.75) is 31.4 Å². The van der Waals surface area contributed by atoms with Crippen LogP contribution in [0.1, 0.15) is 19.3 Å². The van der Waals surface area contributed by atoms with Crippen LogP contribution in [0, 0.1) is 5.82 Å². The zero-order chi connectivity index (χ0) is 15.1. The SMILES string of the molecule is O=C(CCNCC(O)COc1ccc(F)cc1)NC1CC1. The first-order valence-corrected chi connectivity index (χ1v) is 7.20. The van der Waals surface area contributed by atoms with E-state index in [1.54, 1.807) is 0 Å². The Labute approximate surface area is 123 Å². The number of nitrogens with one attached hydrogen (secondary N) is 2. The summed E-state index contributed by atoms with van der Waals surface area (Å²) < 4.78 is 18.0. The highest BCUT2D eigenvalue weighted by molar-refractivity contribution is 5.76. The van der Waals surface area contributed by atoms with Crippen LogP contribution in [0.15, 0.2) is 24.3 Å². The third kappa shape index (κ3) is 6.55. The summed E-state index contributed by atoms with van der Waals surface area (Å²) in [6.45, 7) is 0.983. The van der Waals surface area contributed by atoms with Crippen LogP contribution in [0.4, 0.5) is 4.39 Å². The Morgan fingerprint density at radius 2 is 2.10 bits per heavy atom. The molecular formula is C15H21FN2O3. The molecule has 0 radical (unpaired) electrons. The number of amides is 1. The highest BCUT2D eigenvalue weighted by Crippen LogP contribution is 2.18. The van der Waals surface area contributed by atoms with Gasteiger partial charge in [-0.2, -0.15) is 0 Å². The van der Waals surface area contributed by atoms with Crippen molar-refractivity contribution in [2.24, 2.45) is 0 Å². The first-order chi connectivity index (χ1) is 10.1. The molecule has 0 heterocycles. The molecule has 116 valence electrons. The van der Waals surface area contributed by atoms with Gasteiger partial charge >= 0.3 is 0 Å². The second kappa shape index (κ2) is 7.95. The number of carbonyl (C=O) groups excluding carboxylic acids is 1. The number of ether oxygens (including phenoxy) is 1. The molecule has 2 rings (SSSR count). The molecule has 1 aliphatic rings. The van der Waals surface area contributed by atoms with Gasteiger partial charge in [0.1, 0.15) is 24.3 Å².